The fraction of sp³-hybridized carbons (Fsp3) is 0.765. The Balaban J connectivity index is 0.00000484. The number of nitrogens with one attached hydrogen (secondary N) is 1. The van der Waals surface area contributed by atoms with Gasteiger partial charge in [0.1, 0.15) is 0 Å². The second-order valence-corrected chi connectivity index (χ2v) is 5.65. The molecule has 6 heteroatoms. The molecule has 0 atom stereocenters. The molecule has 1 N–H and O–H groups in total. The summed E-state index contributed by atoms with van der Waals surface area (Å²) in [6.45, 7) is 11.3. The largest absolute Gasteiger partial charge is 0.357 e. The van der Waals surface area contributed by atoms with Gasteiger partial charge in [-0.2, -0.15) is 5.10 Å². The normalized spacial score (nSPS) is 11.3. The summed E-state index contributed by atoms with van der Waals surface area (Å²) < 4.78 is 2.01. The first-order valence-corrected chi connectivity index (χ1v) is 8.61. The van der Waals surface area contributed by atoms with E-state index in [1.165, 1.54) is 29.8 Å². The Bertz CT molecular complexity index is 482. The van der Waals surface area contributed by atoms with Crippen LogP contribution in [0.3, 0.4) is 0 Å². The monoisotopic (exact) mass is 435 g/mol. The highest BCUT2D eigenvalue weighted by Crippen LogP contribution is 2.16. The zero-order valence-electron chi connectivity index (χ0n) is 15.6. The molecule has 0 aromatic carbocycles. The first-order chi connectivity index (χ1) is 10.6. The van der Waals surface area contributed by atoms with Crippen LogP contribution in [0.4, 0.5) is 0 Å². The topological polar surface area (TPSA) is 45.5 Å². The van der Waals surface area contributed by atoms with E-state index >= 15 is 0 Å². The number of rotatable bonds is 8. The van der Waals surface area contributed by atoms with Gasteiger partial charge in [-0.05, 0) is 26.2 Å². The van der Waals surface area contributed by atoms with E-state index in [9.17, 15) is 0 Å². The molecule has 134 valence electrons. The van der Waals surface area contributed by atoms with Crippen LogP contribution in [0.1, 0.15) is 57.5 Å². The number of hydrogen-bond acceptors (Lipinski definition) is 2. The summed E-state index contributed by atoms with van der Waals surface area (Å²) in [5, 5.41) is 8.02. The molecule has 0 aliphatic heterocycles. The third-order valence-corrected chi connectivity index (χ3v) is 3.96. The van der Waals surface area contributed by atoms with Crippen LogP contribution in [0.15, 0.2) is 4.99 Å². The van der Waals surface area contributed by atoms with E-state index in [1.54, 1.807) is 0 Å². The fourth-order valence-corrected chi connectivity index (χ4v) is 2.70. The summed E-state index contributed by atoms with van der Waals surface area (Å²) in [6.07, 6.45) is 4.35. The van der Waals surface area contributed by atoms with Crippen molar-refractivity contribution >= 4 is 29.9 Å². The second kappa shape index (κ2) is 11.7. The van der Waals surface area contributed by atoms with Crippen LogP contribution >= 0.6 is 24.0 Å². The molecule has 1 aromatic rings. The lowest BCUT2D eigenvalue weighted by Crippen LogP contribution is -2.39. The lowest BCUT2D eigenvalue weighted by molar-refractivity contribution is 0.464. The standard InChI is InChI=1S/C17H33N5.HI/c1-7-11-12-21(5)17(18-10-4)19-13-14-15(8-2)20-22(6)16(14)9-3;/h7-13H2,1-6H3,(H,18,19);1H. The molecule has 1 heterocycles. The summed E-state index contributed by atoms with van der Waals surface area (Å²) in [6, 6.07) is 0. The minimum absolute atomic E-state index is 0. The molecule has 0 aliphatic rings. The van der Waals surface area contributed by atoms with Crippen molar-refractivity contribution in [3.63, 3.8) is 0 Å². The Morgan fingerprint density at radius 3 is 2.43 bits per heavy atom. The van der Waals surface area contributed by atoms with Gasteiger partial charge in [-0.15, -0.1) is 24.0 Å². The molecule has 1 rings (SSSR count). The van der Waals surface area contributed by atoms with Gasteiger partial charge in [0.05, 0.1) is 12.2 Å². The van der Waals surface area contributed by atoms with Gasteiger partial charge in [-0.25, -0.2) is 4.99 Å². The third kappa shape index (κ3) is 6.31. The van der Waals surface area contributed by atoms with Gasteiger partial charge in [-0.3, -0.25) is 4.68 Å². The van der Waals surface area contributed by atoms with Crippen molar-refractivity contribution < 1.29 is 0 Å². The van der Waals surface area contributed by atoms with Crippen LogP contribution in [0.2, 0.25) is 0 Å². The maximum atomic E-state index is 4.85. The molecule has 0 saturated carbocycles. The Kier molecular flexibility index (Phi) is 11.3. The maximum absolute atomic E-state index is 4.85. The molecule has 0 fully saturated rings. The molecular formula is C17H34IN5. The molecule has 0 aliphatic carbocycles. The van der Waals surface area contributed by atoms with E-state index < -0.39 is 0 Å². The first-order valence-electron chi connectivity index (χ1n) is 8.61. The molecule has 1 aromatic heterocycles. The third-order valence-electron chi connectivity index (χ3n) is 3.96. The number of halogens is 1. The number of aliphatic imine (C=N–C) groups is 1. The summed E-state index contributed by atoms with van der Waals surface area (Å²) in [4.78, 5) is 7.07. The molecular weight excluding hydrogens is 401 g/mol. The van der Waals surface area contributed by atoms with Crippen LogP contribution in [0, 0.1) is 0 Å². The van der Waals surface area contributed by atoms with Crippen molar-refractivity contribution in [3.8, 4) is 0 Å². The number of aromatic nitrogens is 2. The minimum atomic E-state index is 0. The van der Waals surface area contributed by atoms with Crippen molar-refractivity contribution in [1.82, 2.24) is 20.0 Å². The number of hydrogen-bond donors (Lipinski definition) is 1. The van der Waals surface area contributed by atoms with Crippen molar-refractivity contribution in [2.24, 2.45) is 12.0 Å². The second-order valence-electron chi connectivity index (χ2n) is 5.65. The smallest absolute Gasteiger partial charge is 0.193 e. The van der Waals surface area contributed by atoms with E-state index in [2.05, 4.69) is 50.1 Å². The molecule has 5 nitrogen and oxygen atoms in total. The predicted octanol–water partition coefficient (Wildman–Crippen LogP) is 3.36. The van der Waals surface area contributed by atoms with E-state index in [0.29, 0.717) is 6.54 Å². The van der Waals surface area contributed by atoms with Gasteiger partial charge in [0.2, 0.25) is 0 Å². The van der Waals surface area contributed by atoms with Gasteiger partial charge >= 0.3 is 0 Å². The highest BCUT2D eigenvalue weighted by molar-refractivity contribution is 14.0. The number of guanidine groups is 1. The van der Waals surface area contributed by atoms with Crippen molar-refractivity contribution in [2.45, 2.75) is 59.9 Å². The SMILES string of the molecule is CCCCN(C)C(=NCc1c(CC)nn(C)c1CC)NCC.I. The Hall–Kier alpha value is -0.790. The number of nitrogens with zero attached hydrogens (tertiary/aromatic N) is 4. The molecule has 0 unspecified atom stereocenters. The van der Waals surface area contributed by atoms with Gasteiger partial charge in [0, 0.05) is 38.4 Å². The number of unbranched alkanes of at least 4 members (excludes halogenated alkanes) is 1. The summed E-state index contributed by atoms with van der Waals surface area (Å²) in [5.41, 5.74) is 3.77. The zero-order chi connectivity index (χ0) is 16.5. The summed E-state index contributed by atoms with van der Waals surface area (Å²) in [7, 11) is 4.14. The van der Waals surface area contributed by atoms with E-state index in [4.69, 9.17) is 4.99 Å². The quantitative estimate of drug-likeness (QED) is 0.387. The van der Waals surface area contributed by atoms with E-state index in [-0.39, 0.29) is 24.0 Å². The zero-order valence-corrected chi connectivity index (χ0v) is 18.0. The van der Waals surface area contributed by atoms with Crippen molar-refractivity contribution in [2.75, 3.05) is 20.1 Å². The van der Waals surface area contributed by atoms with Gasteiger partial charge in [0.15, 0.2) is 5.96 Å². The predicted molar refractivity (Wildman–Crippen MR) is 110 cm³/mol. The van der Waals surface area contributed by atoms with E-state index in [0.717, 1.165) is 31.9 Å². The highest BCUT2D eigenvalue weighted by atomic mass is 127. The molecule has 0 saturated heterocycles. The van der Waals surface area contributed by atoms with Crippen LogP contribution < -0.4 is 5.32 Å². The Morgan fingerprint density at radius 2 is 1.91 bits per heavy atom. The minimum Gasteiger partial charge on any atom is -0.357 e. The van der Waals surface area contributed by atoms with Gasteiger partial charge < -0.3 is 10.2 Å². The van der Waals surface area contributed by atoms with Crippen LogP contribution in [-0.4, -0.2) is 40.8 Å². The molecule has 0 radical (unpaired) electrons. The Morgan fingerprint density at radius 1 is 1.22 bits per heavy atom. The lowest BCUT2D eigenvalue weighted by atomic mass is 10.1. The highest BCUT2D eigenvalue weighted by Gasteiger charge is 2.14. The molecule has 0 amide bonds. The van der Waals surface area contributed by atoms with E-state index in [1.807, 2.05) is 11.7 Å². The van der Waals surface area contributed by atoms with Crippen molar-refractivity contribution in [1.29, 1.82) is 0 Å². The van der Waals surface area contributed by atoms with Gasteiger partial charge in [-0.1, -0.05) is 27.2 Å². The van der Waals surface area contributed by atoms with Crippen LogP contribution in [-0.2, 0) is 26.4 Å². The first kappa shape index (κ1) is 22.2. The summed E-state index contributed by atoms with van der Waals surface area (Å²) >= 11 is 0. The average Bonchev–Trinajstić information content (AvgIpc) is 2.83. The molecule has 0 spiro atoms. The van der Waals surface area contributed by atoms with Crippen LogP contribution in [0.25, 0.3) is 0 Å². The lowest BCUT2D eigenvalue weighted by Gasteiger charge is -2.21. The van der Waals surface area contributed by atoms with Crippen molar-refractivity contribution in [3.05, 3.63) is 17.0 Å². The summed E-state index contributed by atoms with van der Waals surface area (Å²) in [5.74, 6) is 0.990. The Labute approximate surface area is 158 Å². The average molecular weight is 435 g/mol. The molecule has 23 heavy (non-hydrogen) atoms. The number of aryl methyl sites for hydroxylation is 2. The van der Waals surface area contributed by atoms with Crippen LogP contribution in [0.5, 0.6) is 0 Å². The fourth-order valence-electron chi connectivity index (χ4n) is 2.70. The molecule has 0 bridgehead atoms. The maximum Gasteiger partial charge on any atom is 0.193 e. The van der Waals surface area contributed by atoms with Gasteiger partial charge in [0.25, 0.3) is 0 Å².